The van der Waals surface area contributed by atoms with Crippen LogP contribution in [0, 0.1) is 5.92 Å². The normalized spacial score (nSPS) is 16.6. The van der Waals surface area contributed by atoms with Gasteiger partial charge in [-0.05, 0) is 30.9 Å². The highest BCUT2D eigenvalue weighted by Gasteiger charge is 2.19. The maximum Gasteiger partial charge on any atom is 0.229 e. The first kappa shape index (κ1) is 18.3. The third kappa shape index (κ3) is 4.25. The second-order valence-corrected chi connectivity index (χ2v) is 7.35. The molecule has 1 unspecified atom stereocenters. The highest BCUT2D eigenvalue weighted by Crippen LogP contribution is 2.28. The average Bonchev–Trinajstić information content (AvgIpc) is 2.74. The first-order chi connectivity index (χ1) is 13.7. The molecule has 3 aromatic rings. The van der Waals surface area contributed by atoms with Crippen LogP contribution in [0.2, 0.25) is 0 Å². The van der Waals surface area contributed by atoms with Crippen LogP contribution in [-0.2, 0) is 0 Å². The zero-order valence-electron chi connectivity index (χ0n) is 16.4. The predicted molar refractivity (Wildman–Crippen MR) is 114 cm³/mol. The van der Waals surface area contributed by atoms with E-state index in [1.165, 1.54) is 12.8 Å². The molecule has 1 aliphatic rings. The molecule has 144 valence electrons. The molecular weight excluding hydrogens is 348 g/mol. The lowest BCUT2D eigenvalue weighted by atomic mass is 10.0. The molecule has 1 N–H and O–H groups in total. The molecule has 0 aliphatic carbocycles. The van der Waals surface area contributed by atoms with Crippen LogP contribution in [0.5, 0.6) is 5.75 Å². The number of benzene rings is 2. The van der Waals surface area contributed by atoms with E-state index < -0.39 is 0 Å². The number of methoxy groups -OCH3 is 1. The first-order valence-electron chi connectivity index (χ1n) is 9.82. The number of hydrogen-bond acceptors (Lipinski definition) is 5. The van der Waals surface area contributed by atoms with Crippen molar-refractivity contribution < 1.29 is 4.74 Å². The Hall–Kier alpha value is -3.08. The number of nitrogens with one attached hydrogen (secondary N) is 1. The van der Waals surface area contributed by atoms with Crippen molar-refractivity contribution in [2.24, 2.45) is 5.92 Å². The van der Waals surface area contributed by atoms with Crippen molar-refractivity contribution >= 4 is 17.5 Å². The Morgan fingerprint density at radius 3 is 2.68 bits per heavy atom. The molecule has 5 heteroatoms. The summed E-state index contributed by atoms with van der Waals surface area (Å²) in [7, 11) is 1.67. The van der Waals surface area contributed by atoms with Crippen LogP contribution in [0.3, 0.4) is 0 Å². The van der Waals surface area contributed by atoms with Crippen LogP contribution in [0.1, 0.15) is 19.8 Å². The number of hydrogen-bond donors (Lipinski definition) is 1. The van der Waals surface area contributed by atoms with Gasteiger partial charge in [0.15, 0.2) is 0 Å². The van der Waals surface area contributed by atoms with Gasteiger partial charge < -0.3 is 15.0 Å². The molecule has 0 spiro atoms. The Morgan fingerprint density at radius 2 is 1.89 bits per heavy atom. The number of aromatic nitrogens is 2. The van der Waals surface area contributed by atoms with Gasteiger partial charge in [-0.1, -0.05) is 43.3 Å². The predicted octanol–water partition coefficient (Wildman–Crippen LogP) is 5.13. The third-order valence-electron chi connectivity index (χ3n) is 5.09. The minimum Gasteiger partial charge on any atom is -0.497 e. The molecule has 1 saturated heterocycles. The van der Waals surface area contributed by atoms with Crippen LogP contribution < -0.4 is 15.0 Å². The van der Waals surface area contributed by atoms with Crippen molar-refractivity contribution in [2.75, 3.05) is 30.4 Å². The van der Waals surface area contributed by atoms with E-state index in [1.54, 1.807) is 7.11 Å². The highest BCUT2D eigenvalue weighted by molar-refractivity contribution is 5.67. The summed E-state index contributed by atoms with van der Waals surface area (Å²) in [6.45, 7) is 4.37. The van der Waals surface area contributed by atoms with Gasteiger partial charge in [-0.3, -0.25) is 0 Å². The van der Waals surface area contributed by atoms with Crippen LogP contribution >= 0.6 is 0 Å². The van der Waals surface area contributed by atoms with Crippen LogP contribution in [0.15, 0.2) is 60.7 Å². The van der Waals surface area contributed by atoms with E-state index >= 15 is 0 Å². The maximum atomic E-state index is 5.33. The van der Waals surface area contributed by atoms with Crippen molar-refractivity contribution in [1.82, 2.24) is 9.97 Å². The Bertz CT molecular complexity index is 929. The van der Waals surface area contributed by atoms with E-state index in [-0.39, 0.29) is 0 Å². The molecule has 0 bridgehead atoms. The van der Waals surface area contributed by atoms with Crippen LogP contribution in [-0.4, -0.2) is 30.2 Å². The molecule has 2 aromatic carbocycles. The van der Waals surface area contributed by atoms with E-state index in [0.717, 1.165) is 41.6 Å². The van der Waals surface area contributed by atoms with Crippen molar-refractivity contribution in [3.8, 4) is 17.0 Å². The summed E-state index contributed by atoms with van der Waals surface area (Å²) in [6.07, 6.45) is 2.48. The summed E-state index contributed by atoms with van der Waals surface area (Å²) in [5.41, 5.74) is 2.92. The van der Waals surface area contributed by atoms with Crippen molar-refractivity contribution in [2.45, 2.75) is 19.8 Å². The van der Waals surface area contributed by atoms with Crippen molar-refractivity contribution in [1.29, 1.82) is 0 Å². The van der Waals surface area contributed by atoms with Gasteiger partial charge in [0.1, 0.15) is 11.6 Å². The minimum atomic E-state index is 0.600. The number of piperidine rings is 1. The SMILES string of the molecule is COc1cccc(Nc2nc(-c3ccccc3)cc(N3CCCC(C)C3)n2)c1. The number of rotatable bonds is 5. The number of ether oxygens (including phenoxy) is 1. The lowest BCUT2D eigenvalue weighted by Gasteiger charge is -2.32. The number of nitrogens with zero attached hydrogens (tertiary/aromatic N) is 3. The van der Waals surface area contributed by atoms with E-state index in [9.17, 15) is 0 Å². The molecule has 1 atom stereocenters. The van der Waals surface area contributed by atoms with Crippen LogP contribution in [0.25, 0.3) is 11.3 Å². The molecule has 0 radical (unpaired) electrons. The highest BCUT2D eigenvalue weighted by atomic mass is 16.5. The summed E-state index contributed by atoms with van der Waals surface area (Å²) in [5, 5.41) is 3.35. The van der Waals surface area contributed by atoms with E-state index in [1.807, 2.05) is 42.5 Å². The van der Waals surface area contributed by atoms with Gasteiger partial charge >= 0.3 is 0 Å². The standard InChI is InChI=1S/C23H26N4O/c1-17-8-7-13-27(16-17)22-15-21(18-9-4-3-5-10-18)25-23(26-22)24-19-11-6-12-20(14-19)28-2/h3-6,9-12,14-15,17H,7-8,13,16H2,1-2H3,(H,24,25,26). The Balaban J connectivity index is 1.71. The van der Waals surface area contributed by atoms with Crippen molar-refractivity contribution in [3.05, 3.63) is 60.7 Å². The number of anilines is 3. The van der Waals surface area contributed by atoms with Gasteiger partial charge in [-0.25, -0.2) is 4.98 Å². The molecule has 28 heavy (non-hydrogen) atoms. The Morgan fingerprint density at radius 1 is 1.04 bits per heavy atom. The van der Waals surface area contributed by atoms with Crippen LogP contribution in [0.4, 0.5) is 17.5 Å². The third-order valence-corrected chi connectivity index (χ3v) is 5.09. The lowest BCUT2D eigenvalue weighted by molar-refractivity contribution is 0.415. The smallest absolute Gasteiger partial charge is 0.229 e. The van der Waals surface area contributed by atoms with Gasteiger partial charge in [-0.15, -0.1) is 0 Å². The second-order valence-electron chi connectivity index (χ2n) is 7.35. The molecule has 1 fully saturated rings. The zero-order valence-corrected chi connectivity index (χ0v) is 16.4. The Kier molecular flexibility index (Phi) is 5.42. The fourth-order valence-corrected chi connectivity index (χ4v) is 3.64. The summed E-state index contributed by atoms with van der Waals surface area (Å²) < 4.78 is 5.33. The zero-order chi connectivity index (χ0) is 19.3. The quantitative estimate of drug-likeness (QED) is 0.671. The second kappa shape index (κ2) is 8.30. The fourth-order valence-electron chi connectivity index (χ4n) is 3.64. The van der Waals surface area contributed by atoms with E-state index in [0.29, 0.717) is 11.9 Å². The fraction of sp³-hybridized carbons (Fsp3) is 0.304. The summed E-state index contributed by atoms with van der Waals surface area (Å²) in [5.74, 6) is 3.06. The van der Waals surface area contributed by atoms with Gasteiger partial charge in [0.2, 0.25) is 5.95 Å². The van der Waals surface area contributed by atoms with Gasteiger partial charge in [-0.2, -0.15) is 4.98 Å². The molecule has 0 saturated carbocycles. The monoisotopic (exact) mass is 374 g/mol. The molecule has 0 amide bonds. The van der Waals surface area contributed by atoms with E-state index in [2.05, 4.69) is 35.3 Å². The van der Waals surface area contributed by atoms with Gasteiger partial charge in [0.05, 0.1) is 12.8 Å². The maximum absolute atomic E-state index is 5.33. The molecular formula is C23H26N4O. The van der Waals surface area contributed by atoms with Gasteiger partial charge in [0.25, 0.3) is 0 Å². The Labute approximate surface area is 166 Å². The average molecular weight is 374 g/mol. The first-order valence-corrected chi connectivity index (χ1v) is 9.82. The largest absolute Gasteiger partial charge is 0.497 e. The lowest BCUT2D eigenvalue weighted by Crippen LogP contribution is -2.35. The minimum absolute atomic E-state index is 0.600. The molecule has 1 aromatic heterocycles. The summed E-state index contributed by atoms with van der Waals surface area (Å²) >= 11 is 0. The summed E-state index contributed by atoms with van der Waals surface area (Å²) in [4.78, 5) is 12.0. The summed E-state index contributed by atoms with van der Waals surface area (Å²) in [6, 6.07) is 20.2. The molecule has 1 aliphatic heterocycles. The molecule has 2 heterocycles. The molecule has 5 nitrogen and oxygen atoms in total. The van der Waals surface area contributed by atoms with Crippen molar-refractivity contribution in [3.63, 3.8) is 0 Å². The van der Waals surface area contributed by atoms with Gasteiger partial charge in [0, 0.05) is 36.5 Å². The topological polar surface area (TPSA) is 50.3 Å². The van der Waals surface area contributed by atoms with E-state index in [4.69, 9.17) is 14.7 Å². The molecule has 4 rings (SSSR count).